The third kappa shape index (κ3) is 2.86. The van der Waals surface area contributed by atoms with Crippen molar-refractivity contribution >= 4 is 34.8 Å². The summed E-state index contributed by atoms with van der Waals surface area (Å²) in [6, 6.07) is 6.72. The lowest BCUT2D eigenvalue weighted by atomic mass is 10.2. The van der Waals surface area contributed by atoms with Crippen LogP contribution < -0.4 is 4.74 Å². The van der Waals surface area contributed by atoms with Gasteiger partial charge in [0, 0.05) is 6.07 Å². The van der Waals surface area contributed by atoms with E-state index in [4.69, 9.17) is 39.5 Å². The summed E-state index contributed by atoms with van der Waals surface area (Å²) in [5.74, 6) is 0.741. The summed E-state index contributed by atoms with van der Waals surface area (Å²) in [5, 5.41) is 1.21. The normalized spacial score (nSPS) is 10.4. The van der Waals surface area contributed by atoms with E-state index in [-0.39, 0.29) is 5.15 Å². The van der Waals surface area contributed by atoms with Gasteiger partial charge in [-0.05, 0) is 19.1 Å². The quantitative estimate of drug-likeness (QED) is 0.783. The smallest absolute Gasteiger partial charge is 0.218 e. The first-order chi connectivity index (χ1) is 8.61. The van der Waals surface area contributed by atoms with E-state index in [9.17, 15) is 0 Å². The predicted molar refractivity (Wildman–Crippen MR) is 73.7 cm³/mol. The maximum absolute atomic E-state index is 6.10. The van der Waals surface area contributed by atoms with Gasteiger partial charge >= 0.3 is 0 Å². The summed E-state index contributed by atoms with van der Waals surface area (Å²) in [5.41, 5.74) is 0.546. The van der Waals surface area contributed by atoms with Crippen molar-refractivity contribution in [3.8, 4) is 17.3 Å². The van der Waals surface area contributed by atoms with Gasteiger partial charge in [-0.25, -0.2) is 4.98 Å². The Balaban J connectivity index is 2.56. The molecule has 0 aliphatic rings. The van der Waals surface area contributed by atoms with Gasteiger partial charge in [0.05, 0.1) is 22.2 Å². The van der Waals surface area contributed by atoms with Gasteiger partial charge in [0.2, 0.25) is 5.88 Å². The van der Waals surface area contributed by atoms with Crippen LogP contribution in [0.15, 0.2) is 24.3 Å². The Labute approximate surface area is 120 Å². The van der Waals surface area contributed by atoms with Crippen LogP contribution in [0, 0.1) is 0 Å². The summed E-state index contributed by atoms with van der Waals surface area (Å²) < 4.78 is 5.31. The monoisotopic (exact) mass is 302 g/mol. The second-order valence-electron chi connectivity index (χ2n) is 3.38. The molecule has 0 spiro atoms. The van der Waals surface area contributed by atoms with Crippen LogP contribution in [0.1, 0.15) is 6.92 Å². The van der Waals surface area contributed by atoms with E-state index in [1.54, 1.807) is 24.3 Å². The van der Waals surface area contributed by atoms with Crippen molar-refractivity contribution in [2.45, 2.75) is 6.92 Å². The molecule has 0 atom stereocenters. The summed E-state index contributed by atoms with van der Waals surface area (Å²) >= 11 is 18.1. The van der Waals surface area contributed by atoms with Crippen LogP contribution in [0.5, 0.6) is 5.88 Å². The molecule has 1 aromatic heterocycles. The number of ether oxygens (including phenoxy) is 1. The summed E-state index contributed by atoms with van der Waals surface area (Å²) in [7, 11) is 0. The SMILES string of the molecule is CCOc1cc(Cl)nc(-c2c(Cl)cccc2Cl)n1. The lowest BCUT2D eigenvalue weighted by Gasteiger charge is -2.08. The van der Waals surface area contributed by atoms with Gasteiger partial charge in [-0.1, -0.05) is 40.9 Å². The van der Waals surface area contributed by atoms with Crippen LogP contribution in [0.4, 0.5) is 0 Å². The highest BCUT2D eigenvalue weighted by Crippen LogP contribution is 2.33. The first kappa shape index (κ1) is 13.4. The van der Waals surface area contributed by atoms with Crippen LogP contribution in [0.3, 0.4) is 0 Å². The highest BCUT2D eigenvalue weighted by molar-refractivity contribution is 6.39. The molecule has 2 rings (SSSR count). The number of hydrogen-bond acceptors (Lipinski definition) is 3. The van der Waals surface area contributed by atoms with Crippen molar-refractivity contribution in [1.29, 1.82) is 0 Å². The van der Waals surface area contributed by atoms with E-state index in [1.807, 2.05) is 6.92 Å². The molecule has 0 radical (unpaired) electrons. The Morgan fingerprint density at radius 2 is 1.78 bits per heavy atom. The van der Waals surface area contributed by atoms with Crippen molar-refractivity contribution in [2.75, 3.05) is 6.61 Å². The third-order valence-corrected chi connectivity index (χ3v) is 2.97. The summed E-state index contributed by atoms with van der Waals surface area (Å²) in [4.78, 5) is 8.34. The molecule has 0 amide bonds. The molecule has 1 aromatic carbocycles. The van der Waals surface area contributed by atoms with Crippen LogP contribution in [-0.2, 0) is 0 Å². The maximum atomic E-state index is 6.10. The first-order valence-corrected chi connectivity index (χ1v) is 6.37. The molecule has 0 saturated heterocycles. The van der Waals surface area contributed by atoms with E-state index < -0.39 is 0 Å². The fourth-order valence-electron chi connectivity index (χ4n) is 1.44. The van der Waals surface area contributed by atoms with Crippen molar-refractivity contribution in [1.82, 2.24) is 9.97 Å². The van der Waals surface area contributed by atoms with Gasteiger partial charge in [0.1, 0.15) is 5.15 Å². The van der Waals surface area contributed by atoms with Crippen LogP contribution in [0.2, 0.25) is 15.2 Å². The number of aromatic nitrogens is 2. The van der Waals surface area contributed by atoms with E-state index in [0.717, 1.165) is 0 Å². The fraction of sp³-hybridized carbons (Fsp3) is 0.167. The minimum Gasteiger partial charge on any atom is -0.478 e. The maximum Gasteiger partial charge on any atom is 0.218 e. The van der Waals surface area contributed by atoms with Gasteiger partial charge in [-0.2, -0.15) is 4.98 Å². The molecule has 6 heteroatoms. The molecule has 0 bridgehead atoms. The second kappa shape index (κ2) is 5.74. The lowest BCUT2D eigenvalue weighted by molar-refractivity contribution is 0.326. The Bertz CT molecular complexity index is 555. The molecular weight excluding hydrogens is 295 g/mol. The molecule has 3 nitrogen and oxygen atoms in total. The summed E-state index contributed by atoms with van der Waals surface area (Å²) in [6.07, 6.45) is 0. The predicted octanol–water partition coefficient (Wildman–Crippen LogP) is 4.50. The minimum absolute atomic E-state index is 0.277. The van der Waals surface area contributed by atoms with E-state index >= 15 is 0 Å². The first-order valence-electron chi connectivity index (χ1n) is 5.23. The van der Waals surface area contributed by atoms with Gasteiger partial charge in [0.15, 0.2) is 5.82 Å². The average Bonchev–Trinajstić information content (AvgIpc) is 2.28. The summed E-state index contributed by atoms with van der Waals surface area (Å²) in [6.45, 7) is 2.35. The number of nitrogens with zero attached hydrogens (tertiary/aromatic N) is 2. The topological polar surface area (TPSA) is 35.0 Å². The molecule has 18 heavy (non-hydrogen) atoms. The fourth-order valence-corrected chi connectivity index (χ4v) is 2.18. The zero-order chi connectivity index (χ0) is 13.1. The van der Waals surface area contributed by atoms with Crippen LogP contribution >= 0.6 is 34.8 Å². The van der Waals surface area contributed by atoms with E-state index in [2.05, 4.69) is 9.97 Å². The molecule has 0 fully saturated rings. The number of rotatable bonds is 3. The molecule has 94 valence electrons. The van der Waals surface area contributed by atoms with Gasteiger partial charge in [-0.3, -0.25) is 0 Å². The molecule has 0 N–H and O–H groups in total. The van der Waals surface area contributed by atoms with E-state index in [1.165, 1.54) is 0 Å². The van der Waals surface area contributed by atoms with Crippen molar-refractivity contribution in [3.63, 3.8) is 0 Å². The van der Waals surface area contributed by atoms with E-state index in [0.29, 0.717) is 33.9 Å². The van der Waals surface area contributed by atoms with Gasteiger partial charge in [-0.15, -0.1) is 0 Å². The average molecular weight is 304 g/mol. The van der Waals surface area contributed by atoms with Crippen LogP contribution in [0.25, 0.3) is 11.4 Å². The Morgan fingerprint density at radius 3 is 2.39 bits per heavy atom. The zero-order valence-corrected chi connectivity index (χ0v) is 11.7. The highest BCUT2D eigenvalue weighted by atomic mass is 35.5. The largest absolute Gasteiger partial charge is 0.478 e. The number of halogens is 3. The van der Waals surface area contributed by atoms with Crippen molar-refractivity contribution < 1.29 is 4.74 Å². The zero-order valence-electron chi connectivity index (χ0n) is 9.45. The molecule has 2 aromatic rings. The second-order valence-corrected chi connectivity index (χ2v) is 4.58. The highest BCUT2D eigenvalue weighted by Gasteiger charge is 2.13. The lowest BCUT2D eigenvalue weighted by Crippen LogP contribution is -1.98. The molecule has 1 heterocycles. The van der Waals surface area contributed by atoms with Gasteiger partial charge in [0.25, 0.3) is 0 Å². The third-order valence-electron chi connectivity index (χ3n) is 2.15. The van der Waals surface area contributed by atoms with Gasteiger partial charge < -0.3 is 4.74 Å². The minimum atomic E-state index is 0.277. The molecular formula is C12H9Cl3N2O. The van der Waals surface area contributed by atoms with Crippen molar-refractivity contribution in [3.05, 3.63) is 39.5 Å². The molecule has 0 unspecified atom stereocenters. The van der Waals surface area contributed by atoms with Crippen molar-refractivity contribution in [2.24, 2.45) is 0 Å². The number of hydrogen-bond donors (Lipinski definition) is 0. The Kier molecular flexibility index (Phi) is 4.27. The number of benzene rings is 1. The standard InChI is InChI=1S/C12H9Cl3N2O/c1-2-18-10-6-9(15)16-12(17-10)11-7(13)4-3-5-8(11)14/h3-6H,2H2,1H3. The molecule has 0 aliphatic carbocycles. The molecule has 0 aliphatic heterocycles. The Hall–Kier alpha value is -1.03. The van der Waals surface area contributed by atoms with Crippen LogP contribution in [-0.4, -0.2) is 16.6 Å². The molecule has 0 saturated carbocycles. The Morgan fingerprint density at radius 1 is 1.11 bits per heavy atom.